The molecule has 4 heteroatoms. The van der Waals surface area contributed by atoms with E-state index in [0.29, 0.717) is 12.5 Å². The van der Waals surface area contributed by atoms with Crippen molar-refractivity contribution in [3.05, 3.63) is 36.0 Å². The van der Waals surface area contributed by atoms with Gasteiger partial charge in [-0.1, -0.05) is 18.2 Å². The fourth-order valence-electron chi connectivity index (χ4n) is 3.27. The van der Waals surface area contributed by atoms with E-state index in [0.717, 1.165) is 39.2 Å². The number of rotatable bonds is 6. The molecule has 114 valence electrons. The standard InChI is InChI=1S/C17H24N2O2/c1-21-9-8-19-12-15(16-4-2-3-5-17(16)19)11-18-7-6-14(10-18)13-20/h2-5,12,14,20H,6-11,13H2,1H3/t14-/m1/s1. The number of benzene rings is 1. The molecule has 4 nitrogen and oxygen atoms in total. The zero-order valence-electron chi connectivity index (χ0n) is 12.7. The number of fused-ring (bicyclic) bond motifs is 1. The van der Waals surface area contributed by atoms with Crippen LogP contribution >= 0.6 is 0 Å². The van der Waals surface area contributed by atoms with Crippen LogP contribution in [0, 0.1) is 5.92 Å². The van der Waals surface area contributed by atoms with Crippen LogP contribution in [0.1, 0.15) is 12.0 Å². The lowest BCUT2D eigenvalue weighted by Gasteiger charge is -2.14. The van der Waals surface area contributed by atoms with Gasteiger partial charge < -0.3 is 14.4 Å². The first kappa shape index (κ1) is 14.6. The Morgan fingerprint density at radius 3 is 2.95 bits per heavy atom. The maximum absolute atomic E-state index is 9.28. The molecule has 0 spiro atoms. The predicted molar refractivity (Wildman–Crippen MR) is 84.3 cm³/mol. The number of aliphatic hydroxyl groups excluding tert-OH is 1. The molecule has 1 aliphatic heterocycles. The van der Waals surface area contributed by atoms with Crippen molar-refractivity contribution in [2.24, 2.45) is 5.92 Å². The Hall–Kier alpha value is -1.36. The normalized spacial score (nSPS) is 19.6. The smallest absolute Gasteiger partial charge is 0.0641 e. The van der Waals surface area contributed by atoms with E-state index in [2.05, 4.69) is 39.9 Å². The minimum Gasteiger partial charge on any atom is -0.396 e. The predicted octanol–water partition coefficient (Wildman–Crippen LogP) is 2.10. The fourth-order valence-corrected chi connectivity index (χ4v) is 3.27. The second kappa shape index (κ2) is 6.60. The van der Waals surface area contributed by atoms with Gasteiger partial charge in [0.1, 0.15) is 0 Å². The third-order valence-corrected chi connectivity index (χ3v) is 4.43. The van der Waals surface area contributed by atoms with Crippen LogP contribution in [-0.2, 0) is 17.8 Å². The van der Waals surface area contributed by atoms with Crippen LogP contribution in [-0.4, -0.2) is 48.0 Å². The Morgan fingerprint density at radius 1 is 1.33 bits per heavy atom. The number of aromatic nitrogens is 1. The van der Waals surface area contributed by atoms with Gasteiger partial charge in [-0.15, -0.1) is 0 Å². The van der Waals surface area contributed by atoms with Crippen molar-refractivity contribution in [3.8, 4) is 0 Å². The van der Waals surface area contributed by atoms with Crippen molar-refractivity contribution in [1.29, 1.82) is 0 Å². The lowest BCUT2D eigenvalue weighted by atomic mass is 10.1. The molecule has 1 atom stereocenters. The second-order valence-corrected chi connectivity index (χ2v) is 5.93. The lowest BCUT2D eigenvalue weighted by molar-refractivity contribution is 0.188. The first-order valence-corrected chi connectivity index (χ1v) is 7.70. The van der Waals surface area contributed by atoms with Crippen LogP contribution in [0.3, 0.4) is 0 Å². The molecule has 2 aromatic rings. The molecule has 1 aliphatic rings. The van der Waals surface area contributed by atoms with Crippen molar-refractivity contribution < 1.29 is 9.84 Å². The highest BCUT2D eigenvalue weighted by Crippen LogP contribution is 2.25. The molecule has 1 aromatic heterocycles. The summed E-state index contributed by atoms with van der Waals surface area (Å²) in [6.07, 6.45) is 3.37. The van der Waals surface area contributed by atoms with E-state index < -0.39 is 0 Å². The third-order valence-electron chi connectivity index (χ3n) is 4.43. The van der Waals surface area contributed by atoms with Gasteiger partial charge >= 0.3 is 0 Å². The molecule has 0 aliphatic carbocycles. The minimum absolute atomic E-state index is 0.312. The molecule has 0 saturated carbocycles. The van der Waals surface area contributed by atoms with Gasteiger partial charge in [0.05, 0.1) is 6.61 Å². The Morgan fingerprint density at radius 2 is 2.19 bits per heavy atom. The molecular weight excluding hydrogens is 264 g/mol. The van der Waals surface area contributed by atoms with Crippen LogP contribution in [0.15, 0.2) is 30.5 Å². The van der Waals surface area contributed by atoms with Crippen LogP contribution in [0.2, 0.25) is 0 Å². The van der Waals surface area contributed by atoms with Crippen LogP contribution in [0.4, 0.5) is 0 Å². The van der Waals surface area contributed by atoms with Gasteiger partial charge in [0.25, 0.3) is 0 Å². The van der Waals surface area contributed by atoms with Gasteiger partial charge in [-0.2, -0.15) is 0 Å². The molecule has 3 rings (SSSR count). The van der Waals surface area contributed by atoms with Gasteiger partial charge in [0.2, 0.25) is 0 Å². The van der Waals surface area contributed by atoms with E-state index in [4.69, 9.17) is 4.74 Å². The number of para-hydroxylation sites is 1. The van der Waals surface area contributed by atoms with Gasteiger partial charge in [-0.3, -0.25) is 4.90 Å². The summed E-state index contributed by atoms with van der Waals surface area (Å²) in [5, 5.41) is 10.6. The number of hydrogen-bond acceptors (Lipinski definition) is 3. The average molecular weight is 288 g/mol. The van der Waals surface area contributed by atoms with E-state index in [1.807, 2.05) is 0 Å². The monoisotopic (exact) mass is 288 g/mol. The van der Waals surface area contributed by atoms with Gasteiger partial charge in [-0.25, -0.2) is 0 Å². The third kappa shape index (κ3) is 3.12. The zero-order chi connectivity index (χ0) is 14.7. The van der Waals surface area contributed by atoms with E-state index >= 15 is 0 Å². The van der Waals surface area contributed by atoms with E-state index in [1.54, 1.807) is 7.11 Å². The summed E-state index contributed by atoms with van der Waals surface area (Å²) in [5.74, 6) is 0.451. The highest BCUT2D eigenvalue weighted by atomic mass is 16.5. The summed E-state index contributed by atoms with van der Waals surface area (Å²) in [6.45, 7) is 4.99. The minimum atomic E-state index is 0.312. The maximum atomic E-state index is 9.28. The van der Waals surface area contributed by atoms with E-state index in [-0.39, 0.29) is 0 Å². The van der Waals surface area contributed by atoms with Gasteiger partial charge in [0, 0.05) is 50.5 Å². The van der Waals surface area contributed by atoms with Crippen molar-refractivity contribution in [2.75, 3.05) is 33.4 Å². The van der Waals surface area contributed by atoms with Crippen LogP contribution in [0.25, 0.3) is 10.9 Å². The quantitative estimate of drug-likeness (QED) is 0.884. The largest absolute Gasteiger partial charge is 0.396 e. The molecule has 1 saturated heterocycles. The second-order valence-electron chi connectivity index (χ2n) is 5.93. The summed E-state index contributed by atoms with van der Waals surface area (Å²) in [7, 11) is 1.74. The molecule has 0 radical (unpaired) electrons. The highest BCUT2D eigenvalue weighted by Gasteiger charge is 2.22. The van der Waals surface area contributed by atoms with Crippen LogP contribution < -0.4 is 0 Å². The number of ether oxygens (including phenoxy) is 1. The van der Waals surface area contributed by atoms with Crippen molar-refractivity contribution >= 4 is 10.9 Å². The molecule has 0 unspecified atom stereocenters. The molecule has 1 fully saturated rings. The Labute approximate surface area is 125 Å². The first-order chi connectivity index (χ1) is 10.3. The summed E-state index contributed by atoms with van der Waals surface area (Å²) < 4.78 is 7.49. The first-order valence-electron chi connectivity index (χ1n) is 7.70. The molecular formula is C17H24N2O2. The molecule has 21 heavy (non-hydrogen) atoms. The molecule has 1 aromatic carbocycles. The van der Waals surface area contributed by atoms with Gasteiger partial charge in [0.15, 0.2) is 0 Å². The molecule has 0 amide bonds. The Kier molecular flexibility index (Phi) is 4.58. The summed E-state index contributed by atoms with van der Waals surface area (Å²) in [4.78, 5) is 2.45. The van der Waals surface area contributed by atoms with Crippen molar-refractivity contribution in [3.63, 3.8) is 0 Å². The van der Waals surface area contributed by atoms with Crippen molar-refractivity contribution in [1.82, 2.24) is 9.47 Å². The number of methoxy groups -OCH3 is 1. The van der Waals surface area contributed by atoms with E-state index in [1.165, 1.54) is 16.5 Å². The Balaban J connectivity index is 1.81. The summed E-state index contributed by atoms with van der Waals surface area (Å²) in [5.41, 5.74) is 2.66. The molecule has 1 N–H and O–H groups in total. The Bertz CT molecular complexity index is 593. The maximum Gasteiger partial charge on any atom is 0.0641 e. The number of nitrogens with zero attached hydrogens (tertiary/aromatic N) is 2. The topological polar surface area (TPSA) is 37.6 Å². The average Bonchev–Trinajstić information content (AvgIpc) is 3.11. The van der Waals surface area contributed by atoms with Crippen molar-refractivity contribution in [2.45, 2.75) is 19.5 Å². The van der Waals surface area contributed by atoms with Gasteiger partial charge in [-0.05, 0) is 30.5 Å². The SMILES string of the molecule is COCCn1cc(CN2CC[C@@H](CO)C2)c2ccccc21. The zero-order valence-corrected chi connectivity index (χ0v) is 12.7. The summed E-state index contributed by atoms with van der Waals surface area (Å²) >= 11 is 0. The van der Waals surface area contributed by atoms with Crippen LogP contribution in [0.5, 0.6) is 0 Å². The number of hydrogen-bond donors (Lipinski definition) is 1. The molecule has 2 heterocycles. The number of aliphatic hydroxyl groups is 1. The lowest BCUT2D eigenvalue weighted by Crippen LogP contribution is -2.20. The van der Waals surface area contributed by atoms with E-state index in [9.17, 15) is 5.11 Å². The molecule has 0 bridgehead atoms. The number of likely N-dealkylation sites (tertiary alicyclic amines) is 1. The summed E-state index contributed by atoms with van der Waals surface area (Å²) in [6, 6.07) is 8.57. The highest BCUT2D eigenvalue weighted by molar-refractivity contribution is 5.83. The fraction of sp³-hybridized carbons (Fsp3) is 0.529.